The van der Waals surface area contributed by atoms with Crippen molar-refractivity contribution in [3.8, 4) is 5.75 Å². The topological polar surface area (TPSA) is 67.4 Å². The first kappa shape index (κ1) is 18.5. The second-order valence-corrected chi connectivity index (χ2v) is 6.74. The third-order valence-electron chi connectivity index (χ3n) is 4.74. The summed E-state index contributed by atoms with van der Waals surface area (Å²) in [5.74, 6) is -0.230. The fourth-order valence-electron chi connectivity index (χ4n) is 3.21. The highest BCUT2D eigenvalue weighted by Crippen LogP contribution is 2.21. The van der Waals surface area contributed by atoms with E-state index in [9.17, 15) is 9.59 Å². The molecule has 0 saturated carbocycles. The molecule has 1 atom stereocenters. The molecule has 0 fully saturated rings. The molecule has 1 unspecified atom stereocenters. The van der Waals surface area contributed by atoms with Crippen LogP contribution in [0.2, 0.25) is 0 Å². The maximum atomic E-state index is 12.5. The smallest absolute Gasteiger partial charge is 0.279 e. The molecule has 4 aromatic rings. The van der Waals surface area contributed by atoms with Gasteiger partial charge in [-0.2, -0.15) is 0 Å². The van der Waals surface area contributed by atoms with E-state index in [0.29, 0.717) is 11.3 Å². The highest BCUT2D eigenvalue weighted by Gasteiger charge is 2.17. The molecule has 0 aromatic heterocycles. The Hall–Kier alpha value is -3.86. The van der Waals surface area contributed by atoms with Crippen molar-refractivity contribution in [1.29, 1.82) is 0 Å². The summed E-state index contributed by atoms with van der Waals surface area (Å²) in [7, 11) is 0. The van der Waals surface area contributed by atoms with Gasteiger partial charge in [-0.25, -0.2) is 0 Å². The molecule has 0 radical (unpaired) electrons. The van der Waals surface area contributed by atoms with Crippen LogP contribution >= 0.6 is 0 Å². The molecule has 0 aliphatic rings. The fraction of sp³-hybridized carbons (Fsp3) is 0.0833. The Morgan fingerprint density at radius 3 is 2.28 bits per heavy atom. The van der Waals surface area contributed by atoms with Crippen LogP contribution in [0.1, 0.15) is 17.3 Å². The maximum absolute atomic E-state index is 12.5. The molecule has 5 heteroatoms. The summed E-state index contributed by atoms with van der Waals surface area (Å²) in [4.78, 5) is 24.9. The van der Waals surface area contributed by atoms with Crippen molar-refractivity contribution < 1.29 is 14.3 Å². The SMILES string of the molecule is CC(Oc1ccc2ccccc2c1)C(=O)NNC(=O)c1cccc2ccccc12. The quantitative estimate of drug-likeness (QED) is 0.518. The summed E-state index contributed by atoms with van der Waals surface area (Å²) < 4.78 is 5.73. The Morgan fingerprint density at radius 1 is 0.759 bits per heavy atom. The molecule has 0 aliphatic carbocycles. The van der Waals surface area contributed by atoms with E-state index in [-0.39, 0.29) is 5.91 Å². The molecular formula is C24H20N2O3. The van der Waals surface area contributed by atoms with Crippen LogP contribution in [0.3, 0.4) is 0 Å². The van der Waals surface area contributed by atoms with E-state index in [2.05, 4.69) is 10.9 Å². The van der Waals surface area contributed by atoms with E-state index >= 15 is 0 Å². The van der Waals surface area contributed by atoms with Gasteiger partial charge in [-0.05, 0) is 46.7 Å². The lowest BCUT2D eigenvalue weighted by Gasteiger charge is -2.16. The molecule has 0 heterocycles. The van der Waals surface area contributed by atoms with E-state index in [0.717, 1.165) is 21.5 Å². The number of nitrogens with one attached hydrogen (secondary N) is 2. The van der Waals surface area contributed by atoms with Crippen molar-refractivity contribution in [1.82, 2.24) is 10.9 Å². The average Bonchev–Trinajstić information content (AvgIpc) is 2.76. The van der Waals surface area contributed by atoms with Crippen molar-refractivity contribution in [3.63, 3.8) is 0 Å². The first-order chi connectivity index (χ1) is 14.1. The average molecular weight is 384 g/mol. The normalized spacial score (nSPS) is 11.8. The molecule has 0 bridgehead atoms. The number of hydrazine groups is 1. The molecule has 5 nitrogen and oxygen atoms in total. The Kier molecular flexibility index (Phi) is 5.12. The second-order valence-electron chi connectivity index (χ2n) is 6.74. The summed E-state index contributed by atoms with van der Waals surface area (Å²) in [6.45, 7) is 1.63. The molecule has 4 rings (SSSR count). The minimum Gasteiger partial charge on any atom is -0.481 e. The molecule has 0 aliphatic heterocycles. The molecule has 144 valence electrons. The van der Waals surface area contributed by atoms with Crippen LogP contribution in [-0.4, -0.2) is 17.9 Å². The fourth-order valence-corrected chi connectivity index (χ4v) is 3.21. The van der Waals surface area contributed by atoms with Gasteiger partial charge in [0.2, 0.25) is 0 Å². The Balaban J connectivity index is 1.40. The lowest BCUT2D eigenvalue weighted by atomic mass is 10.0. The predicted molar refractivity (Wildman–Crippen MR) is 114 cm³/mol. The second kappa shape index (κ2) is 8.02. The standard InChI is InChI=1S/C24H20N2O3/c1-16(29-20-14-13-17-7-2-3-9-19(17)15-20)23(27)25-26-24(28)22-12-6-10-18-8-4-5-11-21(18)22/h2-16H,1H3,(H,25,27)(H,26,28). The van der Waals surface area contributed by atoms with Crippen molar-refractivity contribution in [3.05, 3.63) is 90.5 Å². The lowest BCUT2D eigenvalue weighted by molar-refractivity contribution is -0.128. The molecule has 2 amide bonds. The van der Waals surface area contributed by atoms with Crippen LogP contribution in [0.25, 0.3) is 21.5 Å². The van der Waals surface area contributed by atoms with E-state index < -0.39 is 12.0 Å². The zero-order valence-electron chi connectivity index (χ0n) is 15.9. The molecule has 4 aromatic carbocycles. The number of carbonyl (C=O) groups is 2. The highest BCUT2D eigenvalue weighted by molar-refractivity contribution is 6.07. The number of amides is 2. The van der Waals surface area contributed by atoms with Crippen LogP contribution in [0, 0.1) is 0 Å². The van der Waals surface area contributed by atoms with Crippen LogP contribution < -0.4 is 15.6 Å². The number of hydrogen-bond donors (Lipinski definition) is 2. The molecule has 0 spiro atoms. The predicted octanol–water partition coefficient (Wildman–Crippen LogP) is 4.22. The number of carbonyl (C=O) groups excluding carboxylic acids is 2. The van der Waals surface area contributed by atoms with E-state index in [1.165, 1.54) is 0 Å². The summed E-state index contributed by atoms with van der Waals surface area (Å²) in [6, 6.07) is 26.6. The number of fused-ring (bicyclic) bond motifs is 2. The largest absolute Gasteiger partial charge is 0.481 e. The Bertz CT molecular complexity index is 1200. The van der Waals surface area contributed by atoms with Gasteiger partial charge < -0.3 is 4.74 Å². The monoisotopic (exact) mass is 384 g/mol. The van der Waals surface area contributed by atoms with Crippen molar-refractivity contribution in [2.75, 3.05) is 0 Å². The van der Waals surface area contributed by atoms with Crippen LogP contribution in [0.4, 0.5) is 0 Å². The van der Waals surface area contributed by atoms with E-state index in [1.807, 2.05) is 78.9 Å². The Morgan fingerprint density at radius 2 is 1.45 bits per heavy atom. The lowest BCUT2D eigenvalue weighted by Crippen LogP contribution is -2.47. The number of hydrogen-bond acceptors (Lipinski definition) is 3. The van der Waals surface area contributed by atoms with Gasteiger partial charge in [-0.15, -0.1) is 0 Å². The molecular weight excluding hydrogens is 364 g/mol. The third kappa shape index (κ3) is 4.04. The zero-order valence-corrected chi connectivity index (χ0v) is 15.9. The summed E-state index contributed by atoms with van der Waals surface area (Å²) in [6.07, 6.45) is -0.774. The molecule has 2 N–H and O–H groups in total. The summed E-state index contributed by atoms with van der Waals surface area (Å²) in [5, 5.41) is 3.91. The van der Waals surface area contributed by atoms with Crippen LogP contribution in [0.15, 0.2) is 84.9 Å². The van der Waals surface area contributed by atoms with Crippen molar-refractivity contribution in [2.24, 2.45) is 0 Å². The first-order valence-electron chi connectivity index (χ1n) is 9.35. The van der Waals surface area contributed by atoms with Gasteiger partial charge >= 0.3 is 0 Å². The minimum atomic E-state index is -0.774. The van der Waals surface area contributed by atoms with Crippen LogP contribution in [-0.2, 0) is 4.79 Å². The van der Waals surface area contributed by atoms with Crippen molar-refractivity contribution in [2.45, 2.75) is 13.0 Å². The molecule has 29 heavy (non-hydrogen) atoms. The third-order valence-corrected chi connectivity index (χ3v) is 4.74. The van der Waals surface area contributed by atoms with E-state index in [1.54, 1.807) is 13.0 Å². The van der Waals surface area contributed by atoms with Gasteiger partial charge in [0.05, 0.1) is 0 Å². The summed E-state index contributed by atoms with van der Waals surface area (Å²) in [5.41, 5.74) is 5.40. The minimum absolute atomic E-state index is 0.381. The van der Waals surface area contributed by atoms with Gasteiger partial charge in [-0.3, -0.25) is 20.4 Å². The van der Waals surface area contributed by atoms with Gasteiger partial charge in [0.25, 0.3) is 11.8 Å². The van der Waals surface area contributed by atoms with Gasteiger partial charge in [0.15, 0.2) is 6.10 Å². The van der Waals surface area contributed by atoms with Crippen LogP contribution in [0.5, 0.6) is 5.75 Å². The van der Waals surface area contributed by atoms with E-state index in [4.69, 9.17) is 4.74 Å². The summed E-state index contributed by atoms with van der Waals surface area (Å²) >= 11 is 0. The van der Waals surface area contributed by atoms with Gasteiger partial charge in [0, 0.05) is 5.56 Å². The molecule has 0 saturated heterocycles. The Labute approximate surface area is 168 Å². The highest BCUT2D eigenvalue weighted by atomic mass is 16.5. The number of ether oxygens (including phenoxy) is 1. The number of rotatable bonds is 4. The number of benzene rings is 4. The maximum Gasteiger partial charge on any atom is 0.279 e. The first-order valence-corrected chi connectivity index (χ1v) is 9.35. The zero-order chi connectivity index (χ0) is 20.2. The van der Waals surface area contributed by atoms with Gasteiger partial charge in [0.1, 0.15) is 5.75 Å². The van der Waals surface area contributed by atoms with Crippen molar-refractivity contribution >= 4 is 33.4 Å². The van der Waals surface area contributed by atoms with Gasteiger partial charge in [-0.1, -0.05) is 66.7 Å².